The van der Waals surface area contributed by atoms with Crippen molar-refractivity contribution >= 4 is 29.9 Å². The molecular weight excluding hydrogens is 507 g/mol. The molecule has 31 heavy (non-hydrogen) atoms. The Labute approximate surface area is 203 Å². The summed E-state index contributed by atoms with van der Waals surface area (Å²) in [7, 11) is 2.10. The van der Waals surface area contributed by atoms with Gasteiger partial charge in [-0.15, -0.1) is 24.0 Å². The number of nitrogens with zero attached hydrogens (tertiary/aromatic N) is 3. The minimum absolute atomic E-state index is 0. The van der Waals surface area contributed by atoms with Gasteiger partial charge in [-0.2, -0.15) is 0 Å². The molecule has 3 heterocycles. The second kappa shape index (κ2) is 11.6. The Balaban J connectivity index is 0.00000272. The van der Waals surface area contributed by atoms with E-state index >= 15 is 0 Å². The normalized spacial score (nSPS) is 20.8. The summed E-state index contributed by atoms with van der Waals surface area (Å²) < 4.78 is 17.1. The summed E-state index contributed by atoms with van der Waals surface area (Å²) in [5.41, 5.74) is 1.33. The molecule has 1 N–H and O–H groups in total. The molecule has 2 saturated heterocycles. The summed E-state index contributed by atoms with van der Waals surface area (Å²) in [5, 5.41) is 3.48. The summed E-state index contributed by atoms with van der Waals surface area (Å²) in [5.74, 6) is 2.63. The predicted molar refractivity (Wildman–Crippen MR) is 134 cm³/mol. The van der Waals surface area contributed by atoms with E-state index in [1.54, 1.807) is 0 Å². The minimum Gasteiger partial charge on any atom is -0.486 e. The Morgan fingerprint density at radius 1 is 1.10 bits per heavy atom. The molecule has 1 aromatic carbocycles. The third-order valence-corrected chi connectivity index (χ3v) is 6.45. The summed E-state index contributed by atoms with van der Waals surface area (Å²) in [6, 6.07) is 6.20. The molecule has 0 aromatic heterocycles. The molecule has 174 valence electrons. The minimum atomic E-state index is 0. The standard InChI is InChI=1S/C23H36N4O3.HI/c1-3-24-22(25-18-23(8-12-28-13-9-23)27-10-4-5-11-27)26(2)17-19-6-7-20-21(16-19)30-15-14-29-20;/h6-7,16H,3-5,8-15,17-18H2,1-2H3,(H,24,25);1H. The Morgan fingerprint density at radius 3 is 2.52 bits per heavy atom. The lowest BCUT2D eigenvalue weighted by Gasteiger charge is -2.43. The van der Waals surface area contributed by atoms with Gasteiger partial charge in [0.15, 0.2) is 17.5 Å². The average molecular weight is 544 g/mol. The van der Waals surface area contributed by atoms with Crippen LogP contribution in [-0.2, 0) is 11.3 Å². The number of rotatable bonds is 6. The molecule has 0 atom stereocenters. The van der Waals surface area contributed by atoms with E-state index in [1.807, 2.05) is 6.07 Å². The number of guanidine groups is 1. The van der Waals surface area contributed by atoms with Crippen LogP contribution in [0.25, 0.3) is 0 Å². The molecule has 0 saturated carbocycles. The molecule has 0 radical (unpaired) electrons. The highest BCUT2D eigenvalue weighted by Gasteiger charge is 2.39. The van der Waals surface area contributed by atoms with Gasteiger partial charge < -0.3 is 24.4 Å². The second-order valence-electron chi connectivity index (χ2n) is 8.54. The van der Waals surface area contributed by atoms with Crippen molar-refractivity contribution in [3.05, 3.63) is 23.8 Å². The fraction of sp³-hybridized carbons (Fsp3) is 0.696. The van der Waals surface area contributed by atoms with Crippen LogP contribution in [0.15, 0.2) is 23.2 Å². The van der Waals surface area contributed by atoms with E-state index in [1.165, 1.54) is 31.5 Å². The number of benzene rings is 1. The first kappa shape index (κ1) is 24.4. The molecule has 0 aliphatic carbocycles. The smallest absolute Gasteiger partial charge is 0.194 e. The number of halogens is 1. The topological polar surface area (TPSA) is 58.6 Å². The largest absolute Gasteiger partial charge is 0.486 e. The zero-order valence-electron chi connectivity index (χ0n) is 18.9. The average Bonchev–Trinajstić information content (AvgIpc) is 3.33. The first-order valence-corrected chi connectivity index (χ1v) is 11.4. The molecule has 0 amide bonds. The maximum Gasteiger partial charge on any atom is 0.194 e. The zero-order chi connectivity index (χ0) is 20.8. The van der Waals surface area contributed by atoms with Crippen molar-refractivity contribution < 1.29 is 14.2 Å². The first-order chi connectivity index (χ1) is 14.7. The zero-order valence-corrected chi connectivity index (χ0v) is 21.2. The predicted octanol–water partition coefficient (Wildman–Crippen LogP) is 3.12. The van der Waals surface area contributed by atoms with Gasteiger partial charge in [0.25, 0.3) is 0 Å². The Morgan fingerprint density at radius 2 is 1.81 bits per heavy atom. The summed E-state index contributed by atoms with van der Waals surface area (Å²) in [4.78, 5) is 9.99. The molecule has 0 spiro atoms. The third-order valence-electron chi connectivity index (χ3n) is 6.45. The molecule has 3 aliphatic rings. The molecule has 8 heteroatoms. The summed E-state index contributed by atoms with van der Waals surface area (Å²) >= 11 is 0. The van der Waals surface area contributed by atoms with Gasteiger partial charge in [0.1, 0.15) is 13.2 Å². The molecule has 0 bridgehead atoms. The van der Waals surface area contributed by atoms with Crippen LogP contribution in [0.1, 0.15) is 38.2 Å². The second-order valence-corrected chi connectivity index (χ2v) is 8.54. The van der Waals surface area contributed by atoms with Crippen molar-refractivity contribution in [3.63, 3.8) is 0 Å². The SMILES string of the molecule is CCNC(=NCC1(N2CCCC2)CCOCC1)N(C)Cc1ccc2c(c1)OCCO2.I. The molecular formula is C23H37IN4O3. The Bertz CT molecular complexity index is 734. The molecule has 3 aliphatic heterocycles. The van der Waals surface area contributed by atoms with Crippen molar-refractivity contribution in [1.29, 1.82) is 0 Å². The highest BCUT2D eigenvalue weighted by atomic mass is 127. The van der Waals surface area contributed by atoms with Crippen molar-refractivity contribution in [2.45, 2.75) is 44.7 Å². The molecule has 1 aromatic rings. The fourth-order valence-corrected chi connectivity index (χ4v) is 4.74. The summed E-state index contributed by atoms with van der Waals surface area (Å²) in [6.45, 7) is 9.87. The monoisotopic (exact) mass is 544 g/mol. The van der Waals surface area contributed by atoms with E-state index in [0.29, 0.717) is 13.2 Å². The Hall–Kier alpha value is -1.26. The van der Waals surface area contributed by atoms with E-state index in [0.717, 1.165) is 63.1 Å². The van der Waals surface area contributed by atoms with E-state index in [4.69, 9.17) is 19.2 Å². The number of fused-ring (bicyclic) bond motifs is 1. The van der Waals surface area contributed by atoms with Crippen LogP contribution in [0.4, 0.5) is 0 Å². The van der Waals surface area contributed by atoms with Gasteiger partial charge >= 0.3 is 0 Å². The van der Waals surface area contributed by atoms with E-state index in [2.05, 4.69) is 41.2 Å². The number of nitrogens with one attached hydrogen (secondary N) is 1. The quantitative estimate of drug-likeness (QED) is 0.338. The molecule has 4 rings (SSSR count). The van der Waals surface area contributed by atoms with Gasteiger partial charge in [0.2, 0.25) is 0 Å². The van der Waals surface area contributed by atoms with Gasteiger partial charge in [-0.3, -0.25) is 9.89 Å². The van der Waals surface area contributed by atoms with Crippen LogP contribution in [-0.4, -0.2) is 81.0 Å². The van der Waals surface area contributed by atoms with Gasteiger partial charge in [-0.05, 0) is 63.4 Å². The van der Waals surface area contributed by atoms with Gasteiger partial charge in [-0.25, -0.2) is 0 Å². The molecule has 2 fully saturated rings. The van der Waals surface area contributed by atoms with Crippen LogP contribution in [0.5, 0.6) is 11.5 Å². The lowest BCUT2D eigenvalue weighted by molar-refractivity contribution is -0.0139. The summed E-state index contributed by atoms with van der Waals surface area (Å²) in [6.07, 6.45) is 4.75. The number of ether oxygens (including phenoxy) is 3. The van der Waals surface area contributed by atoms with Crippen molar-refractivity contribution in [1.82, 2.24) is 15.1 Å². The van der Waals surface area contributed by atoms with Crippen LogP contribution >= 0.6 is 24.0 Å². The number of likely N-dealkylation sites (tertiary alicyclic amines) is 1. The van der Waals surface area contributed by atoms with Crippen LogP contribution in [0.3, 0.4) is 0 Å². The number of hydrogen-bond acceptors (Lipinski definition) is 5. The van der Waals surface area contributed by atoms with E-state index in [9.17, 15) is 0 Å². The highest BCUT2D eigenvalue weighted by molar-refractivity contribution is 14.0. The van der Waals surface area contributed by atoms with Crippen LogP contribution < -0.4 is 14.8 Å². The maximum atomic E-state index is 5.74. The first-order valence-electron chi connectivity index (χ1n) is 11.4. The van der Waals surface area contributed by atoms with E-state index in [-0.39, 0.29) is 29.5 Å². The van der Waals surface area contributed by atoms with Crippen molar-refractivity contribution in [3.8, 4) is 11.5 Å². The van der Waals surface area contributed by atoms with Crippen LogP contribution in [0.2, 0.25) is 0 Å². The number of aliphatic imine (C=N–C) groups is 1. The van der Waals surface area contributed by atoms with Gasteiger partial charge in [0, 0.05) is 38.9 Å². The fourth-order valence-electron chi connectivity index (χ4n) is 4.74. The molecule has 0 unspecified atom stereocenters. The van der Waals surface area contributed by atoms with Crippen LogP contribution in [0, 0.1) is 0 Å². The van der Waals surface area contributed by atoms with Gasteiger partial charge in [0.05, 0.1) is 6.54 Å². The highest BCUT2D eigenvalue weighted by Crippen LogP contribution is 2.32. The maximum absolute atomic E-state index is 5.74. The lowest BCUT2D eigenvalue weighted by atomic mass is 9.88. The number of hydrogen-bond donors (Lipinski definition) is 1. The Kier molecular flexibility index (Phi) is 9.09. The van der Waals surface area contributed by atoms with E-state index < -0.39 is 0 Å². The lowest BCUT2D eigenvalue weighted by Crippen LogP contribution is -2.54. The van der Waals surface area contributed by atoms with Crippen molar-refractivity contribution in [2.24, 2.45) is 4.99 Å². The van der Waals surface area contributed by atoms with Crippen molar-refractivity contribution in [2.75, 3.05) is 59.7 Å². The third kappa shape index (κ3) is 5.96. The molecule has 7 nitrogen and oxygen atoms in total. The van der Waals surface area contributed by atoms with Gasteiger partial charge in [-0.1, -0.05) is 6.07 Å².